The summed E-state index contributed by atoms with van der Waals surface area (Å²) in [5, 5.41) is 2.85. The lowest BCUT2D eigenvalue weighted by atomic mass is 10.1. The van der Waals surface area contributed by atoms with Gasteiger partial charge >= 0.3 is 0 Å². The minimum absolute atomic E-state index is 0.0546. The molecule has 0 atom stereocenters. The zero-order valence-electron chi connectivity index (χ0n) is 15.7. The van der Waals surface area contributed by atoms with Crippen LogP contribution < -0.4 is 10.1 Å². The van der Waals surface area contributed by atoms with E-state index in [1.807, 2.05) is 60.8 Å². The third-order valence-corrected chi connectivity index (χ3v) is 5.38. The van der Waals surface area contributed by atoms with Gasteiger partial charge in [-0.15, -0.1) is 0 Å². The first-order chi connectivity index (χ1) is 13.0. The highest BCUT2D eigenvalue weighted by Crippen LogP contribution is 2.19. The van der Waals surface area contributed by atoms with Gasteiger partial charge in [-0.25, -0.2) is 0 Å². The third kappa shape index (κ3) is 5.26. The summed E-state index contributed by atoms with van der Waals surface area (Å²) in [6, 6.07) is 12.9. The Balaban J connectivity index is 1.57. The van der Waals surface area contributed by atoms with Crippen LogP contribution in [0.15, 0.2) is 42.5 Å². The molecule has 0 bridgehead atoms. The van der Waals surface area contributed by atoms with Crippen molar-refractivity contribution < 1.29 is 14.3 Å². The van der Waals surface area contributed by atoms with Gasteiger partial charge in [-0.1, -0.05) is 17.7 Å². The molecule has 1 aliphatic heterocycles. The van der Waals surface area contributed by atoms with Gasteiger partial charge in [-0.3, -0.25) is 9.59 Å². The number of benzene rings is 2. The fourth-order valence-corrected chi connectivity index (χ4v) is 3.76. The molecule has 2 amide bonds. The van der Waals surface area contributed by atoms with Crippen molar-refractivity contribution in [1.82, 2.24) is 4.90 Å². The molecule has 1 heterocycles. The zero-order valence-corrected chi connectivity index (χ0v) is 16.5. The van der Waals surface area contributed by atoms with Crippen LogP contribution in [-0.4, -0.2) is 47.9 Å². The van der Waals surface area contributed by atoms with Crippen LogP contribution in [0.5, 0.6) is 5.75 Å². The van der Waals surface area contributed by atoms with Crippen LogP contribution >= 0.6 is 11.8 Å². The number of amides is 2. The Hall–Kier alpha value is -2.47. The fourth-order valence-electron chi connectivity index (χ4n) is 2.86. The molecular formula is C21H24N2O3S. The average molecular weight is 385 g/mol. The van der Waals surface area contributed by atoms with E-state index in [4.69, 9.17) is 4.74 Å². The van der Waals surface area contributed by atoms with Crippen LogP contribution in [0.25, 0.3) is 0 Å². The van der Waals surface area contributed by atoms with Crippen LogP contribution in [0.3, 0.4) is 0 Å². The second-order valence-electron chi connectivity index (χ2n) is 6.58. The van der Waals surface area contributed by atoms with Crippen molar-refractivity contribution in [2.75, 3.05) is 36.5 Å². The smallest absolute Gasteiger partial charge is 0.262 e. The summed E-state index contributed by atoms with van der Waals surface area (Å²) in [4.78, 5) is 26.6. The molecule has 142 valence electrons. The molecule has 0 saturated carbocycles. The molecule has 6 heteroatoms. The Morgan fingerprint density at radius 2 is 1.78 bits per heavy atom. The highest BCUT2D eigenvalue weighted by molar-refractivity contribution is 7.99. The van der Waals surface area contributed by atoms with Gasteiger partial charge in [0.2, 0.25) is 0 Å². The molecule has 27 heavy (non-hydrogen) atoms. The van der Waals surface area contributed by atoms with Crippen molar-refractivity contribution in [3.63, 3.8) is 0 Å². The standard InChI is InChI=1S/C21H24N2O3S/c1-15-3-6-18(7-4-15)26-14-20(24)22-19-8-5-17(13-16(19)2)21(25)23-9-11-27-12-10-23/h3-8,13H,9-12,14H2,1-2H3,(H,22,24). The molecule has 1 aliphatic rings. The Kier molecular flexibility index (Phi) is 6.40. The number of nitrogens with zero attached hydrogens (tertiary/aromatic N) is 1. The lowest BCUT2D eigenvalue weighted by Gasteiger charge is -2.26. The van der Waals surface area contributed by atoms with E-state index in [9.17, 15) is 9.59 Å². The SMILES string of the molecule is Cc1ccc(OCC(=O)Nc2ccc(C(=O)N3CCSCC3)cc2C)cc1. The van der Waals surface area contributed by atoms with Gasteiger partial charge in [0, 0.05) is 35.8 Å². The van der Waals surface area contributed by atoms with E-state index in [1.165, 1.54) is 0 Å². The van der Waals surface area contributed by atoms with E-state index in [2.05, 4.69) is 5.32 Å². The predicted octanol–water partition coefficient (Wildman–Crippen LogP) is 3.51. The Morgan fingerprint density at radius 1 is 1.07 bits per heavy atom. The molecule has 0 radical (unpaired) electrons. The van der Waals surface area contributed by atoms with Crippen LogP contribution in [-0.2, 0) is 4.79 Å². The maximum absolute atomic E-state index is 12.6. The van der Waals surface area contributed by atoms with E-state index in [-0.39, 0.29) is 18.4 Å². The van der Waals surface area contributed by atoms with Gasteiger partial charge in [0.05, 0.1) is 0 Å². The number of carbonyl (C=O) groups excluding carboxylic acids is 2. The van der Waals surface area contributed by atoms with E-state index >= 15 is 0 Å². The second kappa shape index (κ2) is 8.95. The monoisotopic (exact) mass is 384 g/mol. The largest absolute Gasteiger partial charge is 0.484 e. The lowest BCUT2D eigenvalue weighted by Crippen LogP contribution is -2.37. The average Bonchev–Trinajstić information content (AvgIpc) is 2.69. The predicted molar refractivity (Wildman–Crippen MR) is 110 cm³/mol. The van der Waals surface area contributed by atoms with E-state index in [0.29, 0.717) is 17.0 Å². The van der Waals surface area contributed by atoms with Crippen molar-refractivity contribution in [3.05, 3.63) is 59.2 Å². The Labute approximate surface area is 164 Å². The van der Waals surface area contributed by atoms with E-state index < -0.39 is 0 Å². The molecule has 0 spiro atoms. The molecule has 2 aromatic carbocycles. The molecule has 1 fully saturated rings. The van der Waals surface area contributed by atoms with Gasteiger partial charge < -0.3 is 15.0 Å². The van der Waals surface area contributed by atoms with Gasteiger partial charge in [0.15, 0.2) is 6.61 Å². The number of anilines is 1. The number of hydrogen-bond donors (Lipinski definition) is 1. The molecule has 3 rings (SSSR count). The minimum atomic E-state index is -0.231. The van der Waals surface area contributed by atoms with Crippen molar-refractivity contribution >= 4 is 29.3 Å². The summed E-state index contributed by atoms with van der Waals surface area (Å²) in [6.45, 7) is 5.40. The third-order valence-electron chi connectivity index (χ3n) is 4.44. The molecule has 2 aromatic rings. The molecule has 0 unspecified atom stereocenters. The van der Waals surface area contributed by atoms with Gasteiger partial charge in [0.25, 0.3) is 11.8 Å². The fraction of sp³-hybridized carbons (Fsp3) is 0.333. The van der Waals surface area contributed by atoms with Crippen LogP contribution in [0.1, 0.15) is 21.5 Å². The topological polar surface area (TPSA) is 58.6 Å². The van der Waals surface area contributed by atoms with Crippen molar-refractivity contribution in [1.29, 1.82) is 0 Å². The van der Waals surface area contributed by atoms with Gasteiger partial charge in [-0.2, -0.15) is 11.8 Å². The number of hydrogen-bond acceptors (Lipinski definition) is 4. The quantitative estimate of drug-likeness (QED) is 0.857. The number of ether oxygens (including phenoxy) is 1. The van der Waals surface area contributed by atoms with E-state index in [0.717, 1.165) is 35.7 Å². The normalized spacial score (nSPS) is 13.9. The number of carbonyl (C=O) groups is 2. The summed E-state index contributed by atoms with van der Waals surface area (Å²) in [7, 11) is 0. The van der Waals surface area contributed by atoms with Crippen LogP contribution in [0.4, 0.5) is 5.69 Å². The molecular weight excluding hydrogens is 360 g/mol. The second-order valence-corrected chi connectivity index (χ2v) is 7.81. The Bertz CT molecular complexity index is 815. The lowest BCUT2D eigenvalue weighted by molar-refractivity contribution is -0.118. The maximum Gasteiger partial charge on any atom is 0.262 e. The van der Waals surface area contributed by atoms with Crippen molar-refractivity contribution in [2.45, 2.75) is 13.8 Å². The van der Waals surface area contributed by atoms with Crippen molar-refractivity contribution in [2.24, 2.45) is 0 Å². The molecule has 1 saturated heterocycles. The summed E-state index contributed by atoms with van der Waals surface area (Å²) < 4.78 is 5.50. The zero-order chi connectivity index (χ0) is 19.2. The number of aryl methyl sites for hydroxylation is 2. The number of rotatable bonds is 5. The first kappa shape index (κ1) is 19.3. The summed E-state index contributed by atoms with van der Waals surface area (Å²) in [6.07, 6.45) is 0. The van der Waals surface area contributed by atoms with Crippen LogP contribution in [0, 0.1) is 13.8 Å². The summed E-state index contributed by atoms with van der Waals surface area (Å²) in [5.41, 5.74) is 3.35. The number of thioether (sulfide) groups is 1. The number of nitrogens with one attached hydrogen (secondary N) is 1. The van der Waals surface area contributed by atoms with Gasteiger partial charge in [-0.05, 0) is 49.7 Å². The summed E-state index contributed by atoms with van der Waals surface area (Å²) >= 11 is 1.87. The maximum atomic E-state index is 12.6. The minimum Gasteiger partial charge on any atom is -0.484 e. The summed E-state index contributed by atoms with van der Waals surface area (Å²) in [5.74, 6) is 2.46. The molecule has 0 aliphatic carbocycles. The Morgan fingerprint density at radius 3 is 2.44 bits per heavy atom. The van der Waals surface area contributed by atoms with Gasteiger partial charge in [0.1, 0.15) is 5.75 Å². The van der Waals surface area contributed by atoms with Crippen molar-refractivity contribution in [3.8, 4) is 5.75 Å². The first-order valence-electron chi connectivity index (χ1n) is 9.00. The first-order valence-corrected chi connectivity index (χ1v) is 10.2. The molecule has 5 nitrogen and oxygen atoms in total. The highest BCUT2D eigenvalue weighted by atomic mass is 32.2. The molecule has 0 aromatic heterocycles. The highest BCUT2D eigenvalue weighted by Gasteiger charge is 2.19. The van der Waals surface area contributed by atoms with E-state index in [1.54, 1.807) is 12.1 Å². The molecule has 1 N–H and O–H groups in total. The van der Waals surface area contributed by atoms with Crippen LogP contribution in [0.2, 0.25) is 0 Å².